The van der Waals surface area contributed by atoms with E-state index in [1.807, 2.05) is 0 Å². The molecule has 152 valence electrons. The average Bonchev–Trinajstić information content (AvgIpc) is 2.65. The minimum atomic E-state index is -0.244. The highest BCUT2D eigenvalue weighted by atomic mass is 16.5. The van der Waals surface area contributed by atoms with Gasteiger partial charge in [0.15, 0.2) is 11.5 Å². The van der Waals surface area contributed by atoms with Crippen LogP contribution in [0.1, 0.15) is 44.9 Å². The monoisotopic (exact) mass is 386 g/mol. The third kappa shape index (κ3) is 3.96. The molecule has 0 saturated heterocycles. The van der Waals surface area contributed by atoms with E-state index in [9.17, 15) is 9.59 Å². The summed E-state index contributed by atoms with van der Waals surface area (Å²) in [5.74, 6) is 3.39. The molecule has 2 N–H and O–H groups in total. The van der Waals surface area contributed by atoms with Gasteiger partial charge in [-0.2, -0.15) is 0 Å². The van der Waals surface area contributed by atoms with Gasteiger partial charge in [0.2, 0.25) is 11.8 Å². The van der Waals surface area contributed by atoms with Crippen molar-refractivity contribution in [1.29, 1.82) is 0 Å². The molecular formula is C22H30N2O4. The summed E-state index contributed by atoms with van der Waals surface area (Å²) in [6.07, 6.45) is 8.27. The van der Waals surface area contributed by atoms with Gasteiger partial charge >= 0.3 is 0 Å². The number of amides is 2. The number of methoxy groups -OCH3 is 2. The molecule has 6 heteroatoms. The first-order chi connectivity index (χ1) is 13.5. The van der Waals surface area contributed by atoms with Gasteiger partial charge in [0.05, 0.1) is 20.8 Å². The van der Waals surface area contributed by atoms with Gasteiger partial charge in [-0.05, 0) is 73.8 Å². The summed E-state index contributed by atoms with van der Waals surface area (Å²) in [4.78, 5) is 24.8. The molecule has 0 radical (unpaired) electrons. The number of carbonyl (C=O) groups is 2. The van der Waals surface area contributed by atoms with Gasteiger partial charge in [-0.3, -0.25) is 9.59 Å². The van der Waals surface area contributed by atoms with E-state index < -0.39 is 0 Å². The van der Waals surface area contributed by atoms with Crippen LogP contribution in [0.25, 0.3) is 0 Å². The van der Waals surface area contributed by atoms with E-state index in [1.165, 1.54) is 38.5 Å². The molecule has 5 rings (SSSR count). The van der Waals surface area contributed by atoms with Gasteiger partial charge in [-0.25, -0.2) is 0 Å². The Morgan fingerprint density at radius 2 is 1.57 bits per heavy atom. The molecule has 0 heterocycles. The van der Waals surface area contributed by atoms with Gasteiger partial charge in [0.1, 0.15) is 0 Å². The van der Waals surface area contributed by atoms with Crippen molar-refractivity contribution >= 4 is 17.5 Å². The van der Waals surface area contributed by atoms with Crippen molar-refractivity contribution in [2.24, 2.45) is 23.2 Å². The zero-order valence-electron chi connectivity index (χ0n) is 16.8. The van der Waals surface area contributed by atoms with E-state index in [-0.39, 0.29) is 23.8 Å². The largest absolute Gasteiger partial charge is 0.493 e. The maximum Gasteiger partial charge on any atom is 0.243 e. The summed E-state index contributed by atoms with van der Waals surface area (Å²) in [6, 6.07) is 5.19. The van der Waals surface area contributed by atoms with E-state index in [4.69, 9.17) is 9.47 Å². The molecule has 0 aliphatic heterocycles. The highest BCUT2D eigenvalue weighted by molar-refractivity contribution is 5.94. The Labute approximate surface area is 166 Å². The van der Waals surface area contributed by atoms with Crippen molar-refractivity contribution in [2.45, 2.75) is 44.9 Å². The summed E-state index contributed by atoms with van der Waals surface area (Å²) >= 11 is 0. The van der Waals surface area contributed by atoms with Gasteiger partial charge < -0.3 is 20.1 Å². The van der Waals surface area contributed by atoms with E-state index >= 15 is 0 Å². The maximum atomic E-state index is 12.5. The maximum absolute atomic E-state index is 12.5. The first-order valence-electron chi connectivity index (χ1n) is 10.3. The molecule has 0 aromatic heterocycles. The Morgan fingerprint density at radius 1 is 0.964 bits per heavy atom. The Kier molecular flexibility index (Phi) is 5.21. The number of benzene rings is 1. The number of anilines is 1. The third-order valence-corrected chi connectivity index (χ3v) is 6.81. The van der Waals surface area contributed by atoms with E-state index in [0.717, 1.165) is 17.8 Å². The van der Waals surface area contributed by atoms with Crippen LogP contribution in [-0.2, 0) is 9.59 Å². The Balaban J connectivity index is 1.27. The topological polar surface area (TPSA) is 76.7 Å². The van der Waals surface area contributed by atoms with Crippen LogP contribution in [0, 0.1) is 23.2 Å². The lowest BCUT2D eigenvalue weighted by Crippen LogP contribution is -2.48. The van der Waals surface area contributed by atoms with Crippen LogP contribution in [0.3, 0.4) is 0 Å². The smallest absolute Gasteiger partial charge is 0.243 e. The molecule has 4 bridgehead atoms. The normalized spacial score (nSPS) is 30.0. The second kappa shape index (κ2) is 7.64. The summed E-state index contributed by atoms with van der Waals surface area (Å²) in [7, 11) is 3.11. The molecule has 6 nitrogen and oxygen atoms in total. The minimum absolute atomic E-state index is 0.00408. The van der Waals surface area contributed by atoms with Gasteiger partial charge in [0, 0.05) is 18.2 Å². The summed E-state index contributed by atoms with van der Waals surface area (Å²) in [5, 5.41) is 5.62. The fourth-order valence-corrected chi connectivity index (χ4v) is 6.21. The number of carbonyl (C=O) groups excluding carboxylic acids is 2. The van der Waals surface area contributed by atoms with Crippen molar-refractivity contribution in [3.8, 4) is 11.5 Å². The predicted octanol–water partition coefficient (Wildman–Crippen LogP) is 3.37. The number of nitrogens with one attached hydrogen (secondary N) is 2. The fourth-order valence-electron chi connectivity index (χ4n) is 6.21. The molecule has 4 saturated carbocycles. The van der Waals surface area contributed by atoms with Crippen LogP contribution < -0.4 is 20.1 Å². The van der Waals surface area contributed by atoms with Gasteiger partial charge in [-0.15, -0.1) is 0 Å². The third-order valence-electron chi connectivity index (χ3n) is 6.81. The van der Waals surface area contributed by atoms with Gasteiger partial charge in [0.25, 0.3) is 0 Å². The minimum Gasteiger partial charge on any atom is -0.493 e. The molecule has 0 atom stereocenters. The van der Waals surface area contributed by atoms with E-state index in [2.05, 4.69) is 10.6 Å². The number of hydrogen-bond donors (Lipinski definition) is 2. The van der Waals surface area contributed by atoms with Crippen molar-refractivity contribution in [1.82, 2.24) is 5.32 Å². The molecule has 0 spiro atoms. The molecule has 4 fully saturated rings. The lowest BCUT2D eigenvalue weighted by molar-refractivity contribution is -0.131. The lowest BCUT2D eigenvalue weighted by Gasteiger charge is -2.56. The number of rotatable bonds is 7. The second-order valence-corrected chi connectivity index (χ2v) is 8.99. The SMILES string of the molecule is COc1ccc(NC(=O)CNC(=O)CC23CC4CC(CC(C4)C2)C3)cc1OC. The Bertz CT molecular complexity index is 726. The molecular weight excluding hydrogens is 356 g/mol. The molecule has 1 aromatic carbocycles. The van der Waals surface area contributed by atoms with Crippen LogP contribution in [-0.4, -0.2) is 32.6 Å². The molecule has 4 aliphatic rings. The first-order valence-corrected chi connectivity index (χ1v) is 10.3. The fraction of sp³-hybridized carbons (Fsp3) is 0.636. The van der Waals surface area contributed by atoms with Crippen LogP contribution >= 0.6 is 0 Å². The van der Waals surface area contributed by atoms with E-state index in [1.54, 1.807) is 32.4 Å². The number of hydrogen-bond acceptors (Lipinski definition) is 4. The molecule has 1 aromatic rings. The molecule has 4 aliphatic carbocycles. The van der Waals surface area contributed by atoms with Gasteiger partial charge in [-0.1, -0.05) is 0 Å². The Morgan fingerprint density at radius 3 is 2.14 bits per heavy atom. The highest BCUT2D eigenvalue weighted by Crippen LogP contribution is 2.61. The lowest BCUT2D eigenvalue weighted by atomic mass is 9.49. The molecule has 28 heavy (non-hydrogen) atoms. The first kappa shape index (κ1) is 19.1. The van der Waals surface area contributed by atoms with Crippen molar-refractivity contribution in [3.05, 3.63) is 18.2 Å². The summed E-state index contributed by atoms with van der Waals surface area (Å²) in [5.41, 5.74) is 0.802. The summed E-state index contributed by atoms with van der Waals surface area (Å²) in [6.45, 7) is -0.0143. The van der Waals surface area contributed by atoms with Crippen molar-refractivity contribution in [3.63, 3.8) is 0 Å². The van der Waals surface area contributed by atoms with Crippen LogP contribution in [0.4, 0.5) is 5.69 Å². The van der Waals surface area contributed by atoms with Crippen LogP contribution in [0.2, 0.25) is 0 Å². The second-order valence-electron chi connectivity index (χ2n) is 8.99. The highest BCUT2D eigenvalue weighted by Gasteiger charge is 2.51. The van der Waals surface area contributed by atoms with Crippen LogP contribution in [0.15, 0.2) is 18.2 Å². The molecule has 2 amide bonds. The summed E-state index contributed by atoms with van der Waals surface area (Å²) < 4.78 is 10.4. The standard InChI is InChI=1S/C22H30N2O4/c1-27-18-4-3-17(8-19(18)28-2)24-21(26)13-23-20(25)12-22-9-14-5-15(10-22)7-16(6-14)11-22/h3-4,8,14-16H,5-7,9-13H2,1-2H3,(H,23,25)(H,24,26). The zero-order chi connectivity index (χ0) is 19.7. The van der Waals surface area contributed by atoms with Crippen molar-refractivity contribution in [2.75, 3.05) is 26.1 Å². The molecule has 0 unspecified atom stereocenters. The van der Waals surface area contributed by atoms with Crippen molar-refractivity contribution < 1.29 is 19.1 Å². The Hall–Kier alpha value is -2.24. The average molecular weight is 386 g/mol. The number of ether oxygens (including phenoxy) is 2. The van der Waals surface area contributed by atoms with E-state index in [0.29, 0.717) is 23.6 Å². The van der Waals surface area contributed by atoms with Crippen LogP contribution in [0.5, 0.6) is 11.5 Å². The predicted molar refractivity (Wildman–Crippen MR) is 106 cm³/mol. The zero-order valence-corrected chi connectivity index (χ0v) is 16.8. The quantitative estimate of drug-likeness (QED) is 0.753.